The van der Waals surface area contributed by atoms with Gasteiger partial charge in [-0.1, -0.05) is 5.16 Å². The Morgan fingerprint density at radius 1 is 1.31 bits per heavy atom. The topological polar surface area (TPSA) is 103 Å². The molecule has 0 saturated carbocycles. The van der Waals surface area contributed by atoms with Gasteiger partial charge in [0.25, 0.3) is 5.89 Å². The molecule has 3 rings (SSSR count). The first-order valence-electron chi connectivity index (χ1n) is 8.60. The largest absolute Gasteiger partial charge is 0.444 e. The Kier molecular flexibility index (Phi) is 5.46. The molecule has 1 aliphatic heterocycles. The van der Waals surface area contributed by atoms with Crippen LogP contribution in [0.15, 0.2) is 23.0 Å². The van der Waals surface area contributed by atoms with Gasteiger partial charge in [-0.25, -0.2) is 4.79 Å². The van der Waals surface area contributed by atoms with Crippen LogP contribution in [-0.4, -0.2) is 56.1 Å². The van der Waals surface area contributed by atoms with Gasteiger partial charge in [0.15, 0.2) is 5.82 Å². The Labute approximate surface area is 151 Å². The van der Waals surface area contributed by atoms with E-state index in [-0.39, 0.29) is 18.8 Å². The van der Waals surface area contributed by atoms with E-state index in [0.717, 1.165) is 12.8 Å². The van der Waals surface area contributed by atoms with Crippen molar-refractivity contribution < 1.29 is 18.8 Å². The Bertz CT molecular complexity index is 720. The lowest BCUT2D eigenvalue weighted by molar-refractivity contribution is -0.0190. The van der Waals surface area contributed by atoms with Gasteiger partial charge in [-0.2, -0.15) is 15.2 Å². The molecule has 1 saturated heterocycles. The van der Waals surface area contributed by atoms with Gasteiger partial charge in [0.1, 0.15) is 12.2 Å². The normalized spacial score (nSPS) is 15.9. The lowest BCUT2D eigenvalue weighted by Gasteiger charge is -2.33. The van der Waals surface area contributed by atoms with Crippen molar-refractivity contribution in [3.63, 3.8) is 0 Å². The second-order valence-electron chi connectivity index (χ2n) is 7.12. The van der Waals surface area contributed by atoms with E-state index in [1.165, 1.54) is 0 Å². The van der Waals surface area contributed by atoms with Gasteiger partial charge in [-0.15, -0.1) is 0 Å². The summed E-state index contributed by atoms with van der Waals surface area (Å²) < 4.78 is 16.5. The van der Waals surface area contributed by atoms with Crippen LogP contribution in [0.2, 0.25) is 0 Å². The number of rotatable bonds is 4. The molecular formula is C17H23N5O4. The third kappa shape index (κ3) is 4.98. The van der Waals surface area contributed by atoms with Gasteiger partial charge in [-0.3, -0.25) is 0 Å². The molecule has 1 fully saturated rings. The molecule has 0 aromatic carbocycles. The van der Waals surface area contributed by atoms with E-state index in [2.05, 4.69) is 20.3 Å². The Morgan fingerprint density at radius 2 is 2.08 bits per heavy atom. The van der Waals surface area contributed by atoms with Crippen molar-refractivity contribution in [2.75, 3.05) is 13.1 Å². The first-order chi connectivity index (χ1) is 12.4. The fourth-order valence-corrected chi connectivity index (χ4v) is 2.57. The molecule has 3 heterocycles. The van der Waals surface area contributed by atoms with Crippen LogP contribution in [0.3, 0.4) is 0 Å². The van der Waals surface area contributed by atoms with Crippen LogP contribution in [0.25, 0.3) is 11.5 Å². The highest BCUT2D eigenvalue weighted by molar-refractivity contribution is 5.68. The summed E-state index contributed by atoms with van der Waals surface area (Å²) in [7, 11) is 0. The van der Waals surface area contributed by atoms with Crippen LogP contribution in [-0.2, 0) is 16.1 Å². The van der Waals surface area contributed by atoms with Crippen molar-refractivity contribution in [1.82, 2.24) is 25.2 Å². The summed E-state index contributed by atoms with van der Waals surface area (Å²) in [6.45, 7) is 7.07. The summed E-state index contributed by atoms with van der Waals surface area (Å²) in [5.74, 6) is 0.865. The fraction of sp³-hybridized carbons (Fsp3) is 0.588. The summed E-state index contributed by atoms with van der Waals surface area (Å²) in [6, 6.07) is 1.75. The van der Waals surface area contributed by atoms with Gasteiger partial charge in [0, 0.05) is 13.1 Å². The molecule has 1 aliphatic rings. The molecule has 0 spiro atoms. The summed E-state index contributed by atoms with van der Waals surface area (Å²) in [4.78, 5) is 18.1. The minimum absolute atomic E-state index is 0.0539. The molecule has 9 nitrogen and oxygen atoms in total. The Hall–Kier alpha value is -2.55. The van der Waals surface area contributed by atoms with Crippen LogP contribution < -0.4 is 0 Å². The lowest BCUT2D eigenvalue weighted by Crippen LogP contribution is -2.43. The van der Waals surface area contributed by atoms with E-state index in [0.29, 0.717) is 30.4 Å². The first kappa shape index (κ1) is 18.2. The van der Waals surface area contributed by atoms with Crippen molar-refractivity contribution in [3.05, 3.63) is 24.3 Å². The molecule has 1 amide bonds. The molecule has 0 N–H and O–H groups in total. The summed E-state index contributed by atoms with van der Waals surface area (Å²) >= 11 is 0. The molecular weight excluding hydrogens is 338 g/mol. The number of ether oxygens (including phenoxy) is 2. The monoisotopic (exact) mass is 361 g/mol. The van der Waals surface area contributed by atoms with Crippen LogP contribution >= 0.6 is 0 Å². The minimum atomic E-state index is -0.481. The zero-order valence-electron chi connectivity index (χ0n) is 15.2. The average molecular weight is 361 g/mol. The second kappa shape index (κ2) is 7.77. The Balaban J connectivity index is 1.44. The minimum Gasteiger partial charge on any atom is -0.444 e. The van der Waals surface area contributed by atoms with Gasteiger partial charge in [-0.05, 0) is 39.7 Å². The molecule has 26 heavy (non-hydrogen) atoms. The molecule has 0 atom stereocenters. The zero-order valence-corrected chi connectivity index (χ0v) is 15.2. The van der Waals surface area contributed by atoms with Crippen molar-refractivity contribution in [3.8, 4) is 11.5 Å². The van der Waals surface area contributed by atoms with E-state index >= 15 is 0 Å². The standard InChI is InChI=1S/C17H23N5O4/c1-17(2,3)25-16(23)22-8-5-13(6-9-22)24-11-14-20-15(26-21-14)12-4-7-18-19-10-12/h4,7,10,13H,5-6,8-9,11H2,1-3H3. The Morgan fingerprint density at radius 3 is 2.73 bits per heavy atom. The highest BCUT2D eigenvalue weighted by Gasteiger charge is 2.27. The SMILES string of the molecule is CC(C)(C)OC(=O)N1CCC(OCc2noc(-c3ccnnc3)n2)CC1. The van der Waals surface area contributed by atoms with Gasteiger partial charge >= 0.3 is 6.09 Å². The zero-order chi connectivity index (χ0) is 18.6. The van der Waals surface area contributed by atoms with Crippen molar-refractivity contribution in [2.24, 2.45) is 0 Å². The molecule has 0 aliphatic carbocycles. The number of likely N-dealkylation sites (tertiary alicyclic amines) is 1. The fourth-order valence-electron chi connectivity index (χ4n) is 2.57. The molecule has 0 unspecified atom stereocenters. The summed E-state index contributed by atoms with van der Waals surface area (Å²) in [5, 5.41) is 11.4. The van der Waals surface area contributed by atoms with Crippen molar-refractivity contribution in [2.45, 2.75) is 51.9 Å². The summed E-state index contributed by atoms with van der Waals surface area (Å²) in [5.41, 5.74) is 0.231. The van der Waals surface area contributed by atoms with Gasteiger partial charge in [0.2, 0.25) is 0 Å². The van der Waals surface area contributed by atoms with Gasteiger partial charge in [0.05, 0.1) is 24.1 Å². The molecule has 0 radical (unpaired) electrons. The predicted molar refractivity (Wildman–Crippen MR) is 90.9 cm³/mol. The number of hydrogen-bond donors (Lipinski definition) is 0. The smallest absolute Gasteiger partial charge is 0.410 e. The lowest BCUT2D eigenvalue weighted by atomic mass is 10.1. The maximum atomic E-state index is 12.1. The van der Waals surface area contributed by atoms with E-state index in [1.807, 2.05) is 20.8 Å². The van der Waals surface area contributed by atoms with E-state index in [9.17, 15) is 4.79 Å². The summed E-state index contributed by atoms with van der Waals surface area (Å²) in [6.07, 6.45) is 4.40. The first-order valence-corrected chi connectivity index (χ1v) is 8.60. The number of carbonyl (C=O) groups is 1. The van der Waals surface area contributed by atoms with Crippen molar-refractivity contribution in [1.29, 1.82) is 0 Å². The van der Waals surface area contributed by atoms with Gasteiger partial charge < -0.3 is 18.9 Å². The molecule has 0 bridgehead atoms. The van der Waals surface area contributed by atoms with Crippen LogP contribution in [0.5, 0.6) is 0 Å². The van der Waals surface area contributed by atoms with E-state index < -0.39 is 5.60 Å². The van der Waals surface area contributed by atoms with Crippen LogP contribution in [0.1, 0.15) is 39.4 Å². The highest BCUT2D eigenvalue weighted by atomic mass is 16.6. The highest BCUT2D eigenvalue weighted by Crippen LogP contribution is 2.19. The van der Waals surface area contributed by atoms with E-state index in [4.69, 9.17) is 14.0 Å². The molecule has 2 aromatic rings. The number of aromatic nitrogens is 4. The molecule has 2 aromatic heterocycles. The third-order valence-electron chi connectivity index (χ3n) is 3.84. The number of nitrogens with zero attached hydrogens (tertiary/aromatic N) is 5. The molecule has 140 valence electrons. The number of carbonyl (C=O) groups excluding carboxylic acids is 1. The van der Waals surface area contributed by atoms with Crippen LogP contribution in [0, 0.1) is 0 Å². The second-order valence-corrected chi connectivity index (χ2v) is 7.12. The maximum absolute atomic E-state index is 12.1. The predicted octanol–water partition coefficient (Wildman–Crippen LogP) is 2.44. The van der Waals surface area contributed by atoms with E-state index in [1.54, 1.807) is 23.4 Å². The number of hydrogen-bond acceptors (Lipinski definition) is 8. The maximum Gasteiger partial charge on any atom is 0.410 e. The average Bonchev–Trinajstić information content (AvgIpc) is 3.09. The quantitative estimate of drug-likeness (QED) is 0.818. The van der Waals surface area contributed by atoms with Crippen molar-refractivity contribution >= 4 is 6.09 Å². The number of amides is 1. The third-order valence-corrected chi connectivity index (χ3v) is 3.84. The number of piperidine rings is 1. The molecule has 9 heteroatoms. The van der Waals surface area contributed by atoms with Crippen LogP contribution in [0.4, 0.5) is 4.79 Å².